The van der Waals surface area contributed by atoms with Crippen LogP contribution in [-0.4, -0.2) is 11.9 Å². The molecule has 0 saturated heterocycles. The molecule has 23 heavy (non-hydrogen) atoms. The lowest BCUT2D eigenvalue weighted by Gasteiger charge is -2.12. The Bertz CT molecular complexity index is 728. The summed E-state index contributed by atoms with van der Waals surface area (Å²) in [5.41, 5.74) is 2.85. The SMILES string of the molecule is CC(=O)c1ccc(C#N)c(NCc2ccc(OC(C)C)cc2)c1. The maximum absolute atomic E-state index is 11.5. The second-order valence-electron chi connectivity index (χ2n) is 5.59. The summed E-state index contributed by atoms with van der Waals surface area (Å²) in [6.45, 7) is 6.05. The molecule has 4 nitrogen and oxygen atoms in total. The molecule has 1 N–H and O–H groups in total. The molecule has 2 rings (SSSR count). The van der Waals surface area contributed by atoms with Gasteiger partial charge in [-0.15, -0.1) is 0 Å². The maximum atomic E-state index is 11.5. The van der Waals surface area contributed by atoms with Crippen molar-refractivity contribution in [3.05, 3.63) is 59.2 Å². The summed E-state index contributed by atoms with van der Waals surface area (Å²) in [5, 5.41) is 12.4. The Morgan fingerprint density at radius 3 is 2.48 bits per heavy atom. The van der Waals surface area contributed by atoms with Crippen molar-refractivity contribution in [2.45, 2.75) is 33.4 Å². The standard InChI is InChI=1S/C19H20N2O2/c1-13(2)23-18-8-4-15(5-9-18)12-21-19-10-16(14(3)22)6-7-17(19)11-20/h4-10,13,21H,12H2,1-3H3. The minimum absolute atomic E-state index is 0.0206. The first-order chi connectivity index (χ1) is 11.0. The Kier molecular flexibility index (Phi) is 5.37. The predicted molar refractivity (Wildman–Crippen MR) is 90.7 cm³/mol. The van der Waals surface area contributed by atoms with Gasteiger partial charge in [0.25, 0.3) is 0 Å². The zero-order valence-corrected chi connectivity index (χ0v) is 13.6. The minimum atomic E-state index is -0.0206. The number of carbonyl (C=O) groups is 1. The van der Waals surface area contributed by atoms with E-state index in [-0.39, 0.29) is 11.9 Å². The van der Waals surface area contributed by atoms with Gasteiger partial charge in [-0.05, 0) is 56.7 Å². The third-order valence-electron chi connectivity index (χ3n) is 3.32. The van der Waals surface area contributed by atoms with E-state index in [0.717, 1.165) is 11.3 Å². The van der Waals surface area contributed by atoms with Gasteiger partial charge in [-0.3, -0.25) is 4.79 Å². The van der Waals surface area contributed by atoms with Crippen LogP contribution < -0.4 is 10.1 Å². The van der Waals surface area contributed by atoms with E-state index in [9.17, 15) is 10.1 Å². The fourth-order valence-electron chi connectivity index (χ4n) is 2.16. The number of nitriles is 1. The molecule has 0 fully saturated rings. The Balaban J connectivity index is 2.09. The van der Waals surface area contributed by atoms with Crippen molar-refractivity contribution in [3.8, 4) is 11.8 Å². The number of ether oxygens (including phenoxy) is 1. The fourth-order valence-corrected chi connectivity index (χ4v) is 2.16. The van der Waals surface area contributed by atoms with Crippen LogP contribution in [0.1, 0.15) is 42.3 Å². The number of Topliss-reactive ketones (excluding diaryl/α,β-unsaturated/α-hetero) is 1. The first-order valence-electron chi connectivity index (χ1n) is 7.54. The van der Waals surface area contributed by atoms with E-state index in [4.69, 9.17) is 4.74 Å². The second kappa shape index (κ2) is 7.46. The minimum Gasteiger partial charge on any atom is -0.491 e. The van der Waals surface area contributed by atoms with E-state index < -0.39 is 0 Å². The van der Waals surface area contributed by atoms with E-state index >= 15 is 0 Å². The van der Waals surface area contributed by atoms with Crippen LogP contribution in [0.15, 0.2) is 42.5 Å². The molecule has 0 spiro atoms. The van der Waals surface area contributed by atoms with Crippen molar-refractivity contribution in [2.75, 3.05) is 5.32 Å². The lowest BCUT2D eigenvalue weighted by Crippen LogP contribution is -2.06. The molecular formula is C19H20N2O2. The van der Waals surface area contributed by atoms with Crippen LogP contribution in [0.4, 0.5) is 5.69 Å². The third kappa shape index (κ3) is 4.58. The van der Waals surface area contributed by atoms with Crippen molar-refractivity contribution in [1.29, 1.82) is 5.26 Å². The molecular weight excluding hydrogens is 288 g/mol. The highest BCUT2D eigenvalue weighted by Crippen LogP contribution is 2.20. The maximum Gasteiger partial charge on any atom is 0.159 e. The van der Waals surface area contributed by atoms with Gasteiger partial charge in [-0.25, -0.2) is 0 Å². The van der Waals surface area contributed by atoms with Crippen LogP contribution >= 0.6 is 0 Å². The van der Waals surface area contributed by atoms with E-state index in [1.165, 1.54) is 6.92 Å². The summed E-state index contributed by atoms with van der Waals surface area (Å²) < 4.78 is 5.61. The number of anilines is 1. The molecule has 0 unspecified atom stereocenters. The van der Waals surface area contributed by atoms with Crippen LogP contribution in [0.25, 0.3) is 0 Å². The van der Waals surface area contributed by atoms with Crippen LogP contribution in [0, 0.1) is 11.3 Å². The van der Waals surface area contributed by atoms with Gasteiger partial charge < -0.3 is 10.1 Å². The fraction of sp³-hybridized carbons (Fsp3) is 0.263. The number of hydrogen-bond donors (Lipinski definition) is 1. The van der Waals surface area contributed by atoms with Crippen molar-refractivity contribution >= 4 is 11.5 Å². The predicted octanol–water partition coefficient (Wildman–Crippen LogP) is 4.16. The highest BCUT2D eigenvalue weighted by Gasteiger charge is 2.06. The Hall–Kier alpha value is -2.80. The van der Waals surface area contributed by atoms with Gasteiger partial charge in [0.2, 0.25) is 0 Å². The Morgan fingerprint density at radius 2 is 1.91 bits per heavy atom. The average Bonchev–Trinajstić information content (AvgIpc) is 2.53. The molecule has 0 aliphatic carbocycles. The number of rotatable bonds is 6. The molecule has 0 saturated carbocycles. The molecule has 0 aliphatic heterocycles. The molecule has 0 bridgehead atoms. The van der Waals surface area contributed by atoms with E-state index in [1.54, 1.807) is 18.2 Å². The molecule has 118 valence electrons. The number of hydrogen-bond acceptors (Lipinski definition) is 4. The molecule has 0 atom stereocenters. The zero-order chi connectivity index (χ0) is 16.8. The number of ketones is 1. The monoisotopic (exact) mass is 308 g/mol. The Morgan fingerprint density at radius 1 is 1.22 bits per heavy atom. The largest absolute Gasteiger partial charge is 0.491 e. The second-order valence-corrected chi connectivity index (χ2v) is 5.59. The van der Waals surface area contributed by atoms with E-state index in [0.29, 0.717) is 23.4 Å². The first-order valence-corrected chi connectivity index (χ1v) is 7.54. The molecule has 4 heteroatoms. The molecule has 0 aliphatic rings. The van der Waals surface area contributed by atoms with Crippen LogP contribution in [0.2, 0.25) is 0 Å². The topological polar surface area (TPSA) is 62.1 Å². The van der Waals surface area contributed by atoms with Gasteiger partial charge in [-0.2, -0.15) is 5.26 Å². The lowest BCUT2D eigenvalue weighted by molar-refractivity contribution is 0.101. The molecule has 0 radical (unpaired) electrons. The summed E-state index contributed by atoms with van der Waals surface area (Å²) in [6.07, 6.45) is 0.145. The number of nitrogens with one attached hydrogen (secondary N) is 1. The molecule has 2 aromatic carbocycles. The van der Waals surface area contributed by atoms with Gasteiger partial charge >= 0.3 is 0 Å². The van der Waals surface area contributed by atoms with E-state index in [2.05, 4.69) is 11.4 Å². The molecule has 0 heterocycles. The van der Waals surface area contributed by atoms with Gasteiger partial charge in [-0.1, -0.05) is 12.1 Å². The van der Waals surface area contributed by atoms with Crippen LogP contribution in [0.3, 0.4) is 0 Å². The van der Waals surface area contributed by atoms with Crippen molar-refractivity contribution < 1.29 is 9.53 Å². The van der Waals surface area contributed by atoms with Gasteiger partial charge in [0.1, 0.15) is 11.8 Å². The lowest BCUT2D eigenvalue weighted by atomic mass is 10.1. The van der Waals surface area contributed by atoms with Gasteiger partial charge in [0, 0.05) is 12.1 Å². The summed E-state index contributed by atoms with van der Waals surface area (Å²) in [7, 11) is 0. The highest BCUT2D eigenvalue weighted by atomic mass is 16.5. The Labute approximate surface area is 136 Å². The average molecular weight is 308 g/mol. The number of nitrogens with zero attached hydrogens (tertiary/aromatic N) is 1. The van der Waals surface area contributed by atoms with Crippen molar-refractivity contribution in [1.82, 2.24) is 0 Å². The first kappa shape index (κ1) is 16.6. The summed E-state index contributed by atoms with van der Waals surface area (Å²) in [6, 6.07) is 15.0. The summed E-state index contributed by atoms with van der Waals surface area (Å²) >= 11 is 0. The molecule has 0 amide bonds. The van der Waals surface area contributed by atoms with Crippen LogP contribution in [0.5, 0.6) is 5.75 Å². The number of benzene rings is 2. The third-order valence-corrected chi connectivity index (χ3v) is 3.32. The highest BCUT2D eigenvalue weighted by molar-refractivity contribution is 5.95. The van der Waals surface area contributed by atoms with E-state index in [1.807, 2.05) is 38.1 Å². The van der Waals surface area contributed by atoms with Crippen molar-refractivity contribution in [2.24, 2.45) is 0 Å². The molecule has 2 aromatic rings. The normalized spacial score (nSPS) is 10.2. The van der Waals surface area contributed by atoms with Gasteiger partial charge in [0.05, 0.1) is 17.4 Å². The zero-order valence-electron chi connectivity index (χ0n) is 13.6. The smallest absolute Gasteiger partial charge is 0.159 e. The van der Waals surface area contributed by atoms with Gasteiger partial charge in [0.15, 0.2) is 5.78 Å². The molecule has 0 aromatic heterocycles. The quantitative estimate of drug-likeness (QED) is 0.814. The number of carbonyl (C=O) groups excluding carboxylic acids is 1. The summed E-state index contributed by atoms with van der Waals surface area (Å²) in [4.78, 5) is 11.5. The van der Waals surface area contributed by atoms with Crippen LogP contribution in [-0.2, 0) is 6.54 Å². The summed E-state index contributed by atoms with van der Waals surface area (Å²) in [5.74, 6) is 0.813. The van der Waals surface area contributed by atoms with Crippen molar-refractivity contribution in [3.63, 3.8) is 0 Å².